The van der Waals surface area contributed by atoms with Gasteiger partial charge in [0.25, 0.3) is 0 Å². The van der Waals surface area contributed by atoms with E-state index in [0.717, 1.165) is 12.0 Å². The van der Waals surface area contributed by atoms with Gasteiger partial charge in [0.15, 0.2) is 6.61 Å². The van der Waals surface area contributed by atoms with Crippen molar-refractivity contribution in [1.29, 1.82) is 0 Å². The van der Waals surface area contributed by atoms with Crippen LogP contribution < -0.4 is 9.61 Å². The molecule has 0 rings (SSSR count). The summed E-state index contributed by atoms with van der Waals surface area (Å²) in [5, 5.41) is 0. The molecule has 0 bridgehead atoms. The zero-order valence-electron chi connectivity index (χ0n) is 7.29. The molecule has 0 unspecified atom stereocenters. The van der Waals surface area contributed by atoms with E-state index in [4.69, 9.17) is 0 Å². The summed E-state index contributed by atoms with van der Waals surface area (Å²) >= 11 is 0. The Balaban J connectivity index is 4.01. The summed E-state index contributed by atoms with van der Waals surface area (Å²) in [6.07, 6.45) is -6.05. The highest BCUT2D eigenvalue weighted by Crippen LogP contribution is 2.13. The molecule has 0 atom stereocenters. The summed E-state index contributed by atoms with van der Waals surface area (Å²) in [6, 6.07) is 0. The largest absolute Gasteiger partial charge is 0.452 e. The van der Waals surface area contributed by atoms with Crippen LogP contribution in [0.1, 0.15) is 0 Å². The van der Waals surface area contributed by atoms with Crippen LogP contribution in [0.3, 0.4) is 0 Å². The van der Waals surface area contributed by atoms with Crippen molar-refractivity contribution >= 4 is 16.3 Å². The Bertz CT molecular complexity index is 313. The second-order valence-corrected chi connectivity index (χ2v) is 3.46. The molecule has 0 radical (unpaired) electrons. The Morgan fingerprint density at radius 1 is 1.40 bits per heavy atom. The lowest BCUT2D eigenvalue weighted by Crippen LogP contribution is -2.41. The summed E-state index contributed by atoms with van der Waals surface area (Å²) in [5.74, 6) is 0. The van der Waals surface area contributed by atoms with E-state index < -0.39 is 29.1 Å². The lowest BCUT2D eigenvalue weighted by Gasteiger charge is -2.09. The molecule has 0 aromatic rings. The molecule has 1 amide bonds. The molecular formula is C4H7F3N2O5S. The van der Waals surface area contributed by atoms with E-state index in [9.17, 15) is 26.4 Å². The molecule has 2 N–H and O–H groups in total. The lowest BCUT2D eigenvalue weighted by atomic mass is 10.7. The maximum Gasteiger partial charge on any atom is 0.421 e. The standard InChI is InChI=1S/C4H7F3N2O5S/c1-13-3(10)8-15(11,12)9-14-2-4(5,6)7/h9H,2H2,1H3,(H,8,10). The van der Waals surface area contributed by atoms with Crippen LogP contribution in [0.2, 0.25) is 0 Å². The van der Waals surface area contributed by atoms with Gasteiger partial charge in [-0.1, -0.05) is 4.89 Å². The first-order valence-corrected chi connectivity index (χ1v) is 4.70. The fourth-order valence-corrected chi connectivity index (χ4v) is 0.920. The highest BCUT2D eigenvalue weighted by atomic mass is 32.2. The second-order valence-electron chi connectivity index (χ2n) is 2.08. The smallest absolute Gasteiger partial charge is 0.421 e. The van der Waals surface area contributed by atoms with Crippen LogP contribution in [0.4, 0.5) is 18.0 Å². The Labute approximate surface area is 82.7 Å². The Morgan fingerprint density at radius 2 is 1.93 bits per heavy atom. The molecule has 0 saturated carbocycles. The molecule has 0 aromatic heterocycles. The zero-order valence-corrected chi connectivity index (χ0v) is 8.11. The van der Waals surface area contributed by atoms with Crippen molar-refractivity contribution < 1.29 is 36.0 Å². The van der Waals surface area contributed by atoms with E-state index in [1.165, 1.54) is 4.72 Å². The number of amides is 1. The van der Waals surface area contributed by atoms with Crippen molar-refractivity contribution in [3.63, 3.8) is 0 Å². The third-order valence-corrected chi connectivity index (χ3v) is 1.58. The molecule has 7 nitrogen and oxygen atoms in total. The predicted molar refractivity (Wildman–Crippen MR) is 39.6 cm³/mol. The molecule has 0 aliphatic heterocycles. The van der Waals surface area contributed by atoms with E-state index in [1.807, 2.05) is 0 Å². The first-order chi connectivity index (χ1) is 6.66. The van der Waals surface area contributed by atoms with Crippen LogP contribution in [0.25, 0.3) is 0 Å². The number of halogens is 3. The van der Waals surface area contributed by atoms with Crippen molar-refractivity contribution in [2.75, 3.05) is 13.7 Å². The predicted octanol–water partition coefficient (Wildman–Crippen LogP) is -0.329. The van der Waals surface area contributed by atoms with Gasteiger partial charge in [-0.2, -0.15) is 21.6 Å². The number of rotatable bonds is 4. The fraction of sp³-hybridized carbons (Fsp3) is 0.750. The van der Waals surface area contributed by atoms with Crippen LogP contribution in [0.5, 0.6) is 0 Å². The van der Waals surface area contributed by atoms with E-state index >= 15 is 0 Å². The molecule has 0 fully saturated rings. The fourth-order valence-electron chi connectivity index (χ4n) is 0.361. The average molecular weight is 252 g/mol. The first-order valence-electron chi connectivity index (χ1n) is 3.22. The summed E-state index contributed by atoms with van der Waals surface area (Å²) in [7, 11) is -3.64. The maximum atomic E-state index is 11.5. The third-order valence-electron chi connectivity index (χ3n) is 0.808. The molecule has 0 aliphatic carbocycles. The van der Waals surface area contributed by atoms with Gasteiger partial charge in [-0.05, 0) is 0 Å². The number of alkyl halides is 3. The van der Waals surface area contributed by atoms with Gasteiger partial charge in [0, 0.05) is 0 Å². The summed E-state index contributed by atoms with van der Waals surface area (Å²) in [6.45, 7) is -1.82. The third kappa shape index (κ3) is 7.96. The van der Waals surface area contributed by atoms with Gasteiger partial charge in [-0.15, -0.1) is 0 Å². The molecule has 0 saturated heterocycles. The van der Waals surface area contributed by atoms with Crippen molar-refractivity contribution in [3.05, 3.63) is 0 Å². The van der Waals surface area contributed by atoms with Gasteiger partial charge >= 0.3 is 22.5 Å². The van der Waals surface area contributed by atoms with Gasteiger partial charge in [0.2, 0.25) is 0 Å². The Hall–Kier alpha value is -1.07. The normalized spacial score (nSPS) is 12.3. The maximum absolute atomic E-state index is 11.5. The quantitative estimate of drug-likeness (QED) is 0.668. The van der Waals surface area contributed by atoms with Crippen molar-refractivity contribution in [2.45, 2.75) is 6.18 Å². The minimum absolute atomic E-state index is 0.876. The summed E-state index contributed by atoms with van der Waals surface area (Å²) < 4.78 is 60.9. The molecule has 0 heterocycles. The number of hydrogen-bond donors (Lipinski definition) is 2. The number of hydrogen-bond acceptors (Lipinski definition) is 5. The summed E-state index contributed by atoms with van der Waals surface area (Å²) in [4.78, 5) is 15.0. The molecule has 0 spiro atoms. The van der Waals surface area contributed by atoms with E-state index in [2.05, 4.69) is 9.57 Å². The SMILES string of the molecule is COC(=O)NS(=O)(=O)NOCC(F)(F)F. The first kappa shape index (κ1) is 13.9. The van der Waals surface area contributed by atoms with Gasteiger partial charge in [-0.25, -0.2) is 9.52 Å². The number of carbonyl (C=O) groups is 1. The Morgan fingerprint density at radius 3 is 2.33 bits per heavy atom. The number of ether oxygens (including phenoxy) is 1. The van der Waals surface area contributed by atoms with Gasteiger partial charge in [0.1, 0.15) is 0 Å². The molecular weight excluding hydrogens is 245 g/mol. The van der Waals surface area contributed by atoms with E-state index in [0.29, 0.717) is 0 Å². The molecule has 11 heteroatoms. The molecule has 0 aromatic carbocycles. The van der Waals surface area contributed by atoms with Gasteiger partial charge in [-0.3, -0.25) is 4.84 Å². The highest BCUT2D eigenvalue weighted by Gasteiger charge is 2.29. The topological polar surface area (TPSA) is 93.7 Å². The van der Waals surface area contributed by atoms with Crippen molar-refractivity contribution in [3.8, 4) is 0 Å². The molecule has 15 heavy (non-hydrogen) atoms. The van der Waals surface area contributed by atoms with E-state index in [-0.39, 0.29) is 0 Å². The highest BCUT2D eigenvalue weighted by molar-refractivity contribution is 7.87. The number of carbonyl (C=O) groups excluding carboxylic acids is 1. The van der Waals surface area contributed by atoms with Crippen LogP contribution in [0, 0.1) is 0 Å². The van der Waals surface area contributed by atoms with Crippen LogP contribution in [0.15, 0.2) is 0 Å². The minimum atomic E-state index is -4.69. The van der Waals surface area contributed by atoms with E-state index in [1.54, 1.807) is 0 Å². The lowest BCUT2D eigenvalue weighted by molar-refractivity contribution is -0.181. The second kappa shape index (κ2) is 5.14. The van der Waals surface area contributed by atoms with Gasteiger partial charge < -0.3 is 4.74 Å². The zero-order chi connectivity index (χ0) is 12.1. The van der Waals surface area contributed by atoms with Crippen molar-refractivity contribution in [2.24, 2.45) is 0 Å². The number of nitrogens with one attached hydrogen (secondary N) is 2. The average Bonchev–Trinajstić information content (AvgIpc) is 2.00. The number of methoxy groups -OCH3 is 1. The van der Waals surface area contributed by atoms with Crippen LogP contribution >= 0.6 is 0 Å². The minimum Gasteiger partial charge on any atom is -0.452 e. The Kier molecular flexibility index (Phi) is 4.77. The monoisotopic (exact) mass is 252 g/mol. The van der Waals surface area contributed by atoms with Crippen LogP contribution in [-0.4, -0.2) is 34.4 Å². The van der Waals surface area contributed by atoms with Gasteiger partial charge in [0.05, 0.1) is 7.11 Å². The molecule has 90 valence electrons. The molecule has 0 aliphatic rings. The van der Waals surface area contributed by atoms with Crippen molar-refractivity contribution in [1.82, 2.24) is 9.61 Å². The van der Waals surface area contributed by atoms with Crippen LogP contribution in [-0.2, 0) is 19.8 Å². The summed E-state index contributed by atoms with van der Waals surface area (Å²) in [5.41, 5.74) is 0.